The van der Waals surface area contributed by atoms with Gasteiger partial charge < -0.3 is 10.5 Å². The Balaban J connectivity index is 2.02. The fourth-order valence-corrected chi connectivity index (χ4v) is 1.55. The van der Waals surface area contributed by atoms with Gasteiger partial charge >= 0.3 is 0 Å². The molecule has 1 heterocycles. The Morgan fingerprint density at radius 3 is 2.61 bits per heavy atom. The summed E-state index contributed by atoms with van der Waals surface area (Å²) in [5.74, 6) is 0.798. The van der Waals surface area contributed by atoms with E-state index in [1.54, 1.807) is 30.5 Å². The van der Waals surface area contributed by atoms with Crippen LogP contribution in [0.3, 0.4) is 0 Å². The molecule has 2 aromatic rings. The van der Waals surface area contributed by atoms with Crippen LogP contribution in [0.15, 0.2) is 42.6 Å². The predicted molar refractivity (Wildman–Crippen MR) is 70.8 cm³/mol. The van der Waals surface area contributed by atoms with E-state index < -0.39 is 0 Å². The van der Waals surface area contributed by atoms with Crippen molar-refractivity contribution in [1.29, 1.82) is 5.41 Å². The molecular formula is C14H15N3O. The van der Waals surface area contributed by atoms with E-state index >= 15 is 0 Å². The summed E-state index contributed by atoms with van der Waals surface area (Å²) in [6.07, 6.45) is 1.75. The maximum absolute atomic E-state index is 7.30. The molecule has 1 aromatic carbocycles. The van der Waals surface area contributed by atoms with E-state index in [4.69, 9.17) is 15.9 Å². The van der Waals surface area contributed by atoms with Crippen molar-refractivity contribution in [2.24, 2.45) is 5.73 Å². The van der Waals surface area contributed by atoms with Crippen LogP contribution in [0.2, 0.25) is 0 Å². The fraction of sp³-hybridized carbons (Fsp3) is 0.143. The van der Waals surface area contributed by atoms with E-state index in [1.807, 2.05) is 19.1 Å². The topological polar surface area (TPSA) is 72.0 Å². The van der Waals surface area contributed by atoms with E-state index in [0.29, 0.717) is 12.2 Å². The molecule has 92 valence electrons. The summed E-state index contributed by atoms with van der Waals surface area (Å²) in [6.45, 7) is 2.44. The number of pyridine rings is 1. The smallest absolute Gasteiger partial charge is 0.130 e. The van der Waals surface area contributed by atoms with Crippen molar-refractivity contribution in [3.05, 3.63) is 59.4 Å². The highest BCUT2D eigenvalue weighted by Crippen LogP contribution is 2.14. The summed E-state index contributed by atoms with van der Waals surface area (Å²) in [4.78, 5) is 4.26. The lowest BCUT2D eigenvalue weighted by molar-refractivity contribution is 0.300. The Hall–Kier alpha value is -2.36. The minimum Gasteiger partial charge on any atom is -0.487 e. The minimum absolute atomic E-state index is 0.0575. The van der Waals surface area contributed by atoms with Gasteiger partial charge in [0, 0.05) is 11.8 Å². The van der Waals surface area contributed by atoms with Crippen LogP contribution < -0.4 is 10.5 Å². The van der Waals surface area contributed by atoms with Crippen LogP contribution in [0, 0.1) is 12.3 Å². The molecule has 0 unspecified atom stereocenters. The highest BCUT2D eigenvalue weighted by molar-refractivity contribution is 5.94. The molecule has 0 aliphatic carbocycles. The molecule has 1 aromatic heterocycles. The van der Waals surface area contributed by atoms with Gasteiger partial charge in [0.05, 0.1) is 5.69 Å². The summed E-state index contributed by atoms with van der Waals surface area (Å²) in [6, 6.07) is 11.0. The minimum atomic E-state index is 0.0575. The summed E-state index contributed by atoms with van der Waals surface area (Å²) >= 11 is 0. The highest BCUT2D eigenvalue weighted by atomic mass is 16.5. The van der Waals surface area contributed by atoms with Gasteiger partial charge in [0.15, 0.2) is 0 Å². The Morgan fingerprint density at radius 2 is 2.00 bits per heavy atom. The average molecular weight is 241 g/mol. The van der Waals surface area contributed by atoms with Crippen molar-refractivity contribution in [2.75, 3.05) is 0 Å². The van der Waals surface area contributed by atoms with Gasteiger partial charge in [0.25, 0.3) is 0 Å². The summed E-state index contributed by atoms with van der Waals surface area (Å²) in [7, 11) is 0. The Morgan fingerprint density at radius 1 is 1.28 bits per heavy atom. The molecule has 0 spiro atoms. The standard InChI is InChI=1S/C14H15N3O/c1-10-3-2-8-17-13(10)9-18-12-6-4-11(5-7-12)14(15)16/h2-8H,9H2,1H3,(H3,15,16). The number of aromatic nitrogens is 1. The number of ether oxygens (including phenoxy) is 1. The predicted octanol–water partition coefficient (Wildman–Crippen LogP) is 2.25. The largest absolute Gasteiger partial charge is 0.487 e. The molecule has 0 atom stereocenters. The molecule has 0 radical (unpaired) electrons. The van der Waals surface area contributed by atoms with Crippen LogP contribution in [0.25, 0.3) is 0 Å². The van der Waals surface area contributed by atoms with Gasteiger partial charge in [0.2, 0.25) is 0 Å². The van der Waals surface area contributed by atoms with Gasteiger partial charge in [0.1, 0.15) is 18.2 Å². The number of nitrogens with one attached hydrogen (secondary N) is 1. The third kappa shape index (κ3) is 2.85. The number of benzene rings is 1. The van der Waals surface area contributed by atoms with Gasteiger partial charge in [-0.3, -0.25) is 10.4 Å². The van der Waals surface area contributed by atoms with Crippen molar-refractivity contribution in [2.45, 2.75) is 13.5 Å². The molecule has 0 saturated carbocycles. The van der Waals surface area contributed by atoms with Crippen LogP contribution in [0.1, 0.15) is 16.8 Å². The molecule has 4 nitrogen and oxygen atoms in total. The molecule has 0 aliphatic rings. The number of aryl methyl sites for hydroxylation is 1. The SMILES string of the molecule is Cc1cccnc1COc1ccc(C(=N)N)cc1. The number of nitrogens with zero attached hydrogens (tertiary/aromatic N) is 1. The first-order valence-electron chi connectivity index (χ1n) is 5.64. The first-order valence-corrected chi connectivity index (χ1v) is 5.64. The van der Waals surface area contributed by atoms with Crippen molar-refractivity contribution in [3.63, 3.8) is 0 Å². The molecule has 4 heteroatoms. The molecule has 0 bridgehead atoms. The fourth-order valence-electron chi connectivity index (χ4n) is 1.55. The van der Waals surface area contributed by atoms with E-state index in [9.17, 15) is 0 Å². The van der Waals surface area contributed by atoms with Gasteiger partial charge in [-0.15, -0.1) is 0 Å². The number of hydrogen-bond acceptors (Lipinski definition) is 3. The summed E-state index contributed by atoms with van der Waals surface area (Å²) in [5.41, 5.74) is 8.11. The quantitative estimate of drug-likeness (QED) is 0.637. The number of hydrogen-bond donors (Lipinski definition) is 2. The molecule has 0 fully saturated rings. The van der Waals surface area contributed by atoms with E-state index in [1.165, 1.54) is 0 Å². The van der Waals surface area contributed by atoms with Crippen LogP contribution in [0.4, 0.5) is 0 Å². The number of rotatable bonds is 4. The second-order valence-electron chi connectivity index (χ2n) is 3.99. The lowest BCUT2D eigenvalue weighted by Gasteiger charge is -2.08. The molecule has 2 rings (SSSR count). The zero-order chi connectivity index (χ0) is 13.0. The van der Waals surface area contributed by atoms with Crippen LogP contribution in [-0.2, 0) is 6.61 Å². The second kappa shape index (κ2) is 5.31. The molecule has 3 N–H and O–H groups in total. The molecule has 0 amide bonds. The average Bonchev–Trinajstić information content (AvgIpc) is 2.38. The highest BCUT2D eigenvalue weighted by Gasteiger charge is 2.01. The van der Waals surface area contributed by atoms with Crippen molar-refractivity contribution >= 4 is 5.84 Å². The Bertz CT molecular complexity index is 549. The lowest BCUT2D eigenvalue weighted by atomic mass is 10.2. The van der Waals surface area contributed by atoms with Crippen LogP contribution in [-0.4, -0.2) is 10.8 Å². The first kappa shape index (κ1) is 12.1. The Kier molecular flexibility index (Phi) is 3.57. The van der Waals surface area contributed by atoms with Crippen molar-refractivity contribution < 1.29 is 4.74 Å². The van der Waals surface area contributed by atoms with Gasteiger partial charge in [-0.2, -0.15) is 0 Å². The lowest BCUT2D eigenvalue weighted by Crippen LogP contribution is -2.10. The van der Waals surface area contributed by atoms with E-state index in [0.717, 1.165) is 17.0 Å². The van der Waals surface area contributed by atoms with E-state index in [2.05, 4.69) is 4.98 Å². The van der Waals surface area contributed by atoms with Gasteiger partial charge in [-0.05, 0) is 42.8 Å². The van der Waals surface area contributed by atoms with E-state index in [-0.39, 0.29) is 5.84 Å². The maximum Gasteiger partial charge on any atom is 0.130 e. The molecule has 18 heavy (non-hydrogen) atoms. The summed E-state index contributed by atoms with van der Waals surface area (Å²) < 4.78 is 5.63. The maximum atomic E-state index is 7.30. The number of nitrogens with two attached hydrogens (primary N) is 1. The normalized spacial score (nSPS) is 10.1. The number of nitrogen functional groups attached to an aromatic ring is 1. The monoisotopic (exact) mass is 241 g/mol. The molecule has 0 aliphatic heterocycles. The van der Waals surface area contributed by atoms with Crippen molar-refractivity contribution in [1.82, 2.24) is 4.98 Å². The third-order valence-electron chi connectivity index (χ3n) is 2.66. The third-order valence-corrected chi connectivity index (χ3v) is 2.66. The van der Waals surface area contributed by atoms with Gasteiger partial charge in [-0.25, -0.2) is 0 Å². The molecule has 0 saturated heterocycles. The van der Waals surface area contributed by atoms with Crippen LogP contribution >= 0.6 is 0 Å². The van der Waals surface area contributed by atoms with Crippen molar-refractivity contribution in [3.8, 4) is 5.75 Å². The zero-order valence-electron chi connectivity index (χ0n) is 10.2. The van der Waals surface area contributed by atoms with Crippen LogP contribution in [0.5, 0.6) is 5.75 Å². The first-order chi connectivity index (χ1) is 8.66. The Labute approximate surface area is 106 Å². The molecular weight excluding hydrogens is 226 g/mol. The number of amidine groups is 1. The second-order valence-corrected chi connectivity index (χ2v) is 3.99. The summed E-state index contributed by atoms with van der Waals surface area (Å²) in [5, 5.41) is 7.30. The van der Waals surface area contributed by atoms with Gasteiger partial charge in [-0.1, -0.05) is 6.07 Å². The zero-order valence-corrected chi connectivity index (χ0v) is 10.2.